The Kier molecular flexibility index (Phi) is 22.2. The number of nitrogens with two attached hydrogens (primary N) is 2. The maximum atomic E-state index is 9.88. The molecule has 0 heterocycles. The summed E-state index contributed by atoms with van der Waals surface area (Å²) in [6.45, 7) is 2.44. The second kappa shape index (κ2) is 18.7. The van der Waals surface area contributed by atoms with Crippen LogP contribution in [-0.4, -0.2) is 72.9 Å². The molecule has 144 valence electrons. The van der Waals surface area contributed by atoms with E-state index < -0.39 is 26.8 Å². The number of carboxylic acids is 2. The summed E-state index contributed by atoms with van der Waals surface area (Å²) in [4.78, 5) is 19.7. The van der Waals surface area contributed by atoms with Gasteiger partial charge < -0.3 is 45.1 Å². The molecule has 0 aromatic carbocycles. The van der Waals surface area contributed by atoms with Gasteiger partial charge >= 0.3 is 44.3 Å². The van der Waals surface area contributed by atoms with Crippen LogP contribution in [-0.2, 0) is 22.9 Å². The van der Waals surface area contributed by atoms with E-state index in [2.05, 4.69) is 5.32 Å². The number of rotatable bonds is 13. The third kappa shape index (κ3) is 17.1. The molecule has 0 bridgehead atoms. The van der Waals surface area contributed by atoms with Gasteiger partial charge in [0.25, 0.3) is 0 Å². The molecule has 0 saturated carbocycles. The molecule has 25 heavy (non-hydrogen) atoms. The van der Waals surface area contributed by atoms with Gasteiger partial charge in [0.05, 0.1) is 5.97 Å². The van der Waals surface area contributed by atoms with Crippen molar-refractivity contribution in [2.45, 2.75) is 31.3 Å². The van der Waals surface area contributed by atoms with Crippen molar-refractivity contribution < 1.29 is 62.6 Å². The largest absolute Gasteiger partial charge is 1.00 e. The summed E-state index contributed by atoms with van der Waals surface area (Å²) in [7, 11) is 2.55. The number of aliphatic carboxylic acids is 2. The second-order valence-corrected chi connectivity index (χ2v) is 7.89. The summed E-state index contributed by atoms with van der Waals surface area (Å²) in [5.74, 6) is -2.47. The predicted molar refractivity (Wildman–Crippen MR) is 88.0 cm³/mol. The predicted octanol–water partition coefficient (Wildman–Crippen LogP) is -5.26. The molecule has 0 fully saturated rings. The third-order valence-electron chi connectivity index (χ3n) is 3.06. The van der Waals surface area contributed by atoms with Gasteiger partial charge in [-0.05, 0) is 19.4 Å². The first kappa shape index (κ1) is 29.7. The third-order valence-corrected chi connectivity index (χ3v) is 5.89. The smallest absolute Gasteiger partial charge is 0.548 e. The topological polar surface area (TPSA) is 169 Å². The Morgan fingerprint density at radius 3 is 2.08 bits per heavy atom. The molecule has 0 rings (SSSR count). The molecule has 0 spiro atoms. The first-order valence-corrected chi connectivity index (χ1v) is 9.46. The van der Waals surface area contributed by atoms with Crippen molar-refractivity contribution in [2.24, 2.45) is 11.5 Å². The molecule has 1 atom stereocenters. The van der Waals surface area contributed by atoms with Gasteiger partial charge in [0.2, 0.25) is 0 Å². The minimum absolute atomic E-state index is 0. The normalized spacial score (nSPS) is 11.7. The van der Waals surface area contributed by atoms with E-state index >= 15 is 0 Å². The Morgan fingerprint density at radius 2 is 1.72 bits per heavy atom. The zero-order valence-corrected chi connectivity index (χ0v) is 18.6. The van der Waals surface area contributed by atoms with Crippen LogP contribution in [0.3, 0.4) is 0 Å². The van der Waals surface area contributed by atoms with Gasteiger partial charge in [-0.25, -0.2) is 0 Å². The van der Waals surface area contributed by atoms with E-state index in [1.807, 2.05) is 0 Å². The fourth-order valence-electron chi connectivity index (χ4n) is 1.61. The molecule has 0 aromatic rings. The summed E-state index contributed by atoms with van der Waals surface area (Å²) in [6.07, 6.45) is 0.647. The Morgan fingerprint density at radius 1 is 1.20 bits per heavy atom. The molecule has 0 radical (unpaired) electrons. The number of carbonyl (C=O) groups excluding carboxylic acids is 1. The van der Waals surface area contributed by atoms with Gasteiger partial charge in [-0.1, -0.05) is 0 Å². The molecule has 0 aliphatic heterocycles. The van der Waals surface area contributed by atoms with E-state index in [-0.39, 0.29) is 42.4 Å². The number of nitrogens with one attached hydrogen (secondary N) is 1. The molecular formula is C13H30N3NaO7Si. The van der Waals surface area contributed by atoms with Crippen molar-refractivity contribution in [1.82, 2.24) is 5.32 Å². The Bertz CT molecular complexity index is 341. The standard InChI is InChI=1S/C8H22N2O3Si.C5H9NO4.Na/c1-11-14(12-2,13-3)8-4-6-10-7-5-9;6-3(5(9)10)1-2-4(7)8;/h10H,4-9H2,1-3H3;3H,1-2,6H2,(H,7,8)(H,9,10);/q;;+1/p-1. The van der Waals surface area contributed by atoms with Crippen molar-refractivity contribution in [1.29, 1.82) is 0 Å². The SMILES string of the molecule is CO[Si](CCCNCCN)(OC)OC.NC(CCC(=O)O)C(=O)[O-].[Na+]. The average Bonchev–Trinajstić information content (AvgIpc) is 2.57. The van der Waals surface area contributed by atoms with Crippen molar-refractivity contribution in [3.63, 3.8) is 0 Å². The number of carboxylic acid groups (broad SMARTS) is 2. The quantitative estimate of drug-likeness (QED) is 0.176. The van der Waals surface area contributed by atoms with Gasteiger partial charge in [-0.3, -0.25) is 4.79 Å². The van der Waals surface area contributed by atoms with Crippen molar-refractivity contribution >= 4 is 20.7 Å². The molecular weight excluding hydrogens is 361 g/mol. The zero-order chi connectivity index (χ0) is 19.0. The molecule has 0 saturated heterocycles. The molecule has 0 amide bonds. The van der Waals surface area contributed by atoms with E-state index in [1.165, 1.54) is 0 Å². The van der Waals surface area contributed by atoms with Crippen LogP contribution in [0.15, 0.2) is 0 Å². The van der Waals surface area contributed by atoms with Crippen molar-refractivity contribution in [2.75, 3.05) is 41.0 Å². The van der Waals surface area contributed by atoms with Crippen LogP contribution in [0, 0.1) is 0 Å². The first-order valence-electron chi connectivity index (χ1n) is 7.53. The minimum atomic E-state index is -2.35. The number of hydrogen-bond acceptors (Lipinski definition) is 9. The summed E-state index contributed by atoms with van der Waals surface area (Å²) >= 11 is 0. The maximum absolute atomic E-state index is 9.88. The monoisotopic (exact) mass is 391 g/mol. The molecule has 10 nitrogen and oxygen atoms in total. The molecule has 1 unspecified atom stereocenters. The first-order chi connectivity index (χ1) is 11.3. The summed E-state index contributed by atoms with van der Waals surface area (Å²) in [6, 6.07) is -0.343. The van der Waals surface area contributed by atoms with Gasteiger partial charge in [0.15, 0.2) is 0 Å². The summed E-state index contributed by atoms with van der Waals surface area (Å²) in [5, 5.41) is 21.2. The molecule has 12 heteroatoms. The van der Waals surface area contributed by atoms with E-state index in [0.29, 0.717) is 6.54 Å². The molecule has 6 N–H and O–H groups in total. The second-order valence-electron chi connectivity index (χ2n) is 4.80. The van der Waals surface area contributed by atoms with Crippen molar-refractivity contribution in [3.05, 3.63) is 0 Å². The zero-order valence-electron chi connectivity index (χ0n) is 15.6. The average molecular weight is 391 g/mol. The fourth-order valence-corrected chi connectivity index (χ4v) is 3.33. The number of carbonyl (C=O) groups is 2. The van der Waals surface area contributed by atoms with Crippen LogP contribution in [0.25, 0.3) is 0 Å². The van der Waals surface area contributed by atoms with Gasteiger partial charge in [-0.15, -0.1) is 0 Å². The number of hydrogen-bond donors (Lipinski definition) is 4. The minimum Gasteiger partial charge on any atom is -0.548 e. The van der Waals surface area contributed by atoms with E-state index in [4.69, 9.17) is 29.9 Å². The Labute approximate surface area is 172 Å². The fraction of sp³-hybridized carbons (Fsp3) is 0.846. The Hall–Kier alpha value is -0.0831. The van der Waals surface area contributed by atoms with Crippen molar-refractivity contribution in [3.8, 4) is 0 Å². The van der Waals surface area contributed by atoms with Gasteiger partial charge in [0, 0.05) is 52.9 Å². The molecule has 0 aliphatic carbocycles. The van der Waals surface area contributed by atoms with Crippen LogP contribution in [0.5, 0.6) is 0 Å². The van der Waals surface area contributed by atoms with Gasteiger partial charge in [-0.2, -0.15) is 0 Å². The van der Waals surface area contributed by atoms with E-state index in [9.17, 15) is 14.7 Å². The van der Waals surface area contributed by atoms with Crippen LogP contribution >= 0.6 is 0 Å². The van der Waals surface area contributed by atoms with Crippen LogP contribution in [0.1, 0.15) is 19.3 Å². The maximum Gasteiger partial charge on any atom is 1.00 e. The van der Waals surface area contributed by atoms with E-state index in [1.54, 1.807) is 21.3 Å². The van der Waals surface area contributed by atoms with Crippen LogP contribution in [0.2, 0.25) is 6.04 Å². The van der Waals surface area contributed by atoms with E-state index in [0.717, 1.165) is 25.6 Å². The summed E-state index contributed by atoms with van der Waals surface area (Å²) < 4.78 is 15.9. The molecule has 0 aromatic heterocycles. The van der Waals surface area contributed by atoms with Crippen LogP contribution < -0.4 is 51.4 Å². The summed E-state index contributed by atoms with van der Waals surface area (Å²) in [5.41, 5.74) is 10.3. The van der Waals surface area contributed by atoms with Gasteiger partial charge in [0.1, 0.15) is 0 Å². The molecule has 0 aliphatic rings. The van der Waals surface area contributed by atoms with Crippen LogP contribution in [0.4, 0.5) is 0 Å². The Balaban J connectivity index is -0.000000392.